The summed E-state index contributed by atoms with van der Waals surface area (Å²) in [4.78, 5) is 24.0. The highest BCUT2D eigenvalue weighted by molar-refractivity contribution is 5.77. The van der Waals surface area contributed by atoms with Crippen molar-refractivity contribution < 1.29 is 33.6 Å². The van der Waals surface area contributed by atoms with Crippen molar-refractivity contribution in [2.45, 2.75) is 51.9 Å². The lowest BCUT2D eigenvalue weighted by Crippen LogP contribution is -2.50. The Hall–Kier alpha value is -2.48. The number of aliphatic hydroxyl groups excluding tert-OH is 1. The number of alkyl carbamates (subject to hydrolysis) is 1. The minimum atomic E-state index is -1.55. The molecule has 0 spiro atoms. The molecule has 0 fully saturated rings. The van der Waals surface area contributed by atoms with Gasteiger partial charge < -0.3 is 29.4 Å². The van der Waals surface area contributed by atoms with Gasteiger partial charge in [-0.25, -0.2) is 9.59 Å². The zero-order valence-electron chi connectivity index (χ0n) is 15.4. The Labute approximate surface area is 152 Å². The largest absolute Gasteiger partial charge is 0.458 e. The fourth-order valence-corrected chi connectivity index (χ4v) is 2.41. The normalized spacial score (nSPS) is 15.1. The first-order valence-electron chi connectivity index (χ1n) is 8.42. The van der Waals surface area contributed by atoms with Crippen molar-refractivity contribution in [1.29, 1.82) is 0 Å². The monoisotopic (exact) mass is 367 g/mol. The summed E-state index contributed by atoms with van der Waals surface area (Å²) in [5.41, 5.74) is -0.00988. The molecule has 2 unspecified atom stereocenters. The molecule has 0 aromatic heterocycles. The standard InChI is InChI=1S/C18H25NO7/c1-5-23-17(22)19-12(15(20)16(21)26-18(2,3)4)8-11-6-7-13-14(9-11)25-10-24-13/h6-7,9,12,15,20H,5,8,10H2,1-4H3,(H,19,22). The van der Waals surface area contributed by atoms with Crippen LogP contribution in [-0.4, -0.2) is 48.3 Å². The number of esters is 1. The second-order valence-electron chi connectivity index (χ2n) is 6.84. The number of benzene rings is 1. The van der Waals surface area contributed by atoms with Gasteiger partial charge in [0.2, 0.25) is 6.79 Å². The summed E-state index contributed by atoms with van der Waals surface area (Å²) >= 11 is 0. The van der Waals surface area contributed by atoms with Crippen LogP contribution in [0.3, 0.4) is 0 Å². The Kier molecular flexibility index (Phi) is 6.31. The predicted octanol–water partition coefficient (Wildman–Crippen LogP) is 1.78. The lowest BCUT2D eigenvalue weighted by atomic mass is 10.0. The Balaban J connectivity index is 2.14. The third kappa shape index (κ3) is 5.52. The Bertz CT molecular complexity index is 653. The first kappa shape index (κ1) is 19.8. The first-order valence-corrected chi connectivity index (χ1v) is 8.42. The summed E-state index contributed by atoms with van der Waals surface area (Å²) in [6.07, 6.45) is -2.10. The quantitative estimate of drug-likeness (QED) is 0.739. The maximum absolute atomic E-state index is 12.2. The average molecular weight is 367 g/mol. The predicted molar refractivity (Wildman–Crippen MR) is 92.1 cm³/mol. The molecule has 1 aliphatic heterocycles. The second kappa shape index (κ2) is 8.27. The van der Waals surface area contributed by atoms with Gasteiger partial charge >= 0.3 is 12.1 Å². The molecule has 1 heterocycles. The van der Waals surface area contributed by atoms with Gasteiger partial charge in [0, 0.05) is 0 Å². The van der Waals surface area contributed by atoms with E-state index in [1.54, 1.807) is 45.9 Å². The van der Waals surface area contributed by atoms with Gasteiger partial charge in [0.1, 0.15) is 5.60 Å². The average Bonchev–Trinajstić information content (AvgIpc) is 2.99. The molecule has 2 atom stereocenters. The van der Waals surface area contributed by atoms with E-state index in [-0.39, 0.29) is 19.8 Å². The number of hydrogen-bond acceptors (Lipinski definition) is 7. The Morgan fingerprint density at radius 2 is 1.96 bits per heavy atom. The van der Waals surface area contributed by atoms with Crippen molar-refractivity contribution in [3.8, 4) is 11.5 Å². The van der Waals surface area contributed by atoms with E-state index in [4.69, 9.17) is 18.9 Å². The van der Waals surface area contributed by atoms with E-state index in [1.165, 1.54) is 0 Å². The number of amides is 1. The number of aliphatic hydroxyl groups is 1. The van der Waals surface area contributed by atoms with Crippen LogP contribution in [0.25, 0.3) is 0 Å². The molecular formula is C18H25NO7. The Morgan fingerprint density at radius 1 is 1.27 bits per heavy atom. The van der Waals surface area contributed by atoms with Crippen molar-refractivity contribution in [3.05, 3.63) is 23.8 Å². The van der Waals surface area contributed by atoms with Gasteiger partial charge in [-0.05, 0) is 51.8 Å². The van der Waals surface area contributed by atoms with E-state index in [0.29, 0.717) is 11.5 Å². The van der Waals surface area contributed by atoms with Crippen molar-refractivity contribution in [2.75, 3.05) is 13.4 Å². The van der Waals surface area contributed by atoms with E-state index in [0.717, 1.165) is 5.56 Å². The highest BCUT2D eigenvalue weighted by atomic mass is 16.7. The van der Waals surface area contributed by atoms with E-state index >= 15 is 0 Å². The molecule has 1 aromatic carbocycles. The van der Waals surface area contributed by atoms with Crippen molar-refractivity contribution in [2.24, 2.45) is 0 Å². The highest BCUT2D eigenvalue weighted by Gasteiger charge is 2.32. The molecular weight excluding hydrogens is 342 g/mol. The van der Waals surface area contributed by atoms with Crippen LogP contribution in [0.15, 0.2) is 18.2 Å². The zero-order valence-corrected chi connectivity index (χ0v) is 15.4. The molecule has 8 heteroatoms. The molecule has 0 bridgehead atoms. The van der Waals surface area contributed by atoms with Crippen LogP contribution in [0.5, 0.6) is 11.5 Å². The fourth-order valence-electron chi connectivity index (χ4n) is 2.41. The summed E-state index contributed by atoms with van der Waals surface area (Å²) in [6, 6.07) is 4.32. The lowest BCUT2D eigenvalue weighted by molar-refractivity contribution is -0.166. The van der Waals surface area contributed by atoms with Gasteiger partial charge in [0.05, 0.1) is 12.6 Å². The molecule has 1 aliphatic rings. The molecule has 8 nitrogen and oxygen atoms in total. The molecule has 2 N–H and O–H groups in total. The third-order valence-electron chi connectivity index (χ3n) is 3.50. The zero-order chi connectivity index (χ0) is 19.3. The van der Waals surface area contributed by atoms with Gasteiger partial charge in [0.25, 0.3) is 0 Å². The number of rotatable bonds is 6. The topological polar surface area (TPSA) is 103 Å². The molecule has 0 saturated heterocycles. The molecule has 26 heavy (non-hydrogen) atoms. The molecule has 0 radical (unpaired) electrons. The fraction of sp³-hybridized carbons (Fsp3) is 0.556. The van der Waals surface area contributed by atoms with Crippen LogP contribution in [0.2, 0.25) is 0 Å². The van der Waals surface area contributed by atoms with Crippen LogP contribution in [0.4, 0.5) is 4.79 Å². The minimum Gasteiger partial charge on any atom is -0.458 e. The van der Waals surface area contributed by atoms with E-state index in [1.807, 2.05) is 0 Å². The maximum Gasteiger partial charge on any atom is 0.407 e. The number of fused-ring (bicyclic) bond motifs is 1. The highest BCUT2D eigenvalue weighted by Crippen LogP contribution is 2.33. The molecule has 1 amide bonds. The number of ether oxygens (including phenoxy) is 4. The van der Waals surface area contributed by atoms with Gasteiger partial charge in [-0.3, -0.25) is 0 Å². The summed E-state index contributed by atoms with van der Waals surface area (Å²) in [6.45, 7) is 7.07. The smallest absolute Gasteiger partial charge is 0.407 e. The molecule has 144 valence electrons. The van der Waals surface area contributed by atoms with Crippen LogP contribution in [-0.2, 0) is 20.7 Å². The third-order valence-corrected chi connectivity index (χ3v) is 3.50. The molecule has 0 aliphatic carbocycles. The van der Waals surface area contributed by atoms with Crippen molar-refractivity contribution in [1.82, 2.24) is 5.32 Å². The summed E-state index contributed by atoms with van der Waals surface area (Å²) < 4.78 is 20.7. The van der Waals surface area contributed by atoms with E-state index in [9.17, 15) is 14.7 Å². The number of carbonyl (C=O) groups excluding carboxylic acids is 2. The second-order valence-corrected chi connectivity index (χ2v) is 6.84. The molecule has 2 rings (SSSR count). The van der Waals surface area contributed by atoms with E-state index in [2.05, 4.69) is 5.32 Å². The van der Waals surface area contributed by atoms with Crippen molar-refractivity contribution >= 4 is 12.1 Å². The van der Waals surface area contributed by atoms with Gasteiger partial charge in [-0.1, -0.05) is 6.07 Å². The van der Waals surface area contributed by atoms with Crippen LogP contribution in [0, 0.1) is 0 Å². The number of carbonyl (C=O) groups is 2. The number of nitrogens with one attached hydrogen (secondary N) is 1. The van der Waals surface area contributed by atoms with Gasteiger partial charge in [-0.2, -0.15) is 0 Å². The summed E-state index contributed by atoms with van der Waals surface area (Å²) in [5.74, 6) is 0.375. The van der Waals surface area contributed by atoms with Gasteiger partial charge in [-0.15, -0.1) is 0 Å². The Morgan fingerprint density at radius 3 is 2.62 bits per heavy atom. The SMILES string of the molecule is CCOC(=O)NC(Cc1ccc2c(c1)OCO2)C(O)C(=O)OC(C)(C)C. The van der Waals surface area contributed by atoms with Crippen LogP contribution >= 0.6 is 0 Å². The van der Waals surface area contributed by atoms with Crippen LogP contribution in [0.1, 0.15) is 33.3 Å². The minimum absolute atomic E-state index is 0.143. The van der Waals surface area contributed by atoms with E-state index < -0.39 is 29.8 Å². The first-order chi connectivity index (χ1) is 12.2. The lowest BCUT2D eigenvalue weighted by Gasteiger charge is -2.26. The maximum atomic E-state index is 12.2. The van der Waals surface area contributed by atoms with Crippen LogP contribution < -0.4 is 14.8 Å². The molecule has 1 aromatic rings. The summed E-state index contributed by atoms with van der Waals surface area (Å²) in [5, 5.41) is 12.9. The summed E-state index contributed by atoms with van der Waals surface area (Å²) in [7, 11) is 0. The molecule has 0 saturated carbocycles. The van der Waals surface area contributed by atoms with Crippen molar-refractivity contribution in [3.63, 3.8) is 0 Å². The number of hydrogen-bond donors (Lipinski definition) is 2. The van der Waals surface area contributed by atoms with Gasteiger partial charge in [0.15, 0.2) is 17.6 Å².